The van der Waals surface area contributed by atoms with Crippen LogP contribution in [-0.2, 0) is 22.7 Å². The highest BCUT2D eigenvalue weighted by molar-refractivity contribution is 7.14. The molecule has 2 amide bonds. The van der Waals surface area contributed by atoms with E-state index in [0.717, 1.165) is 29.9 Å². The predicted octanol–water partition coefficient (Wildman–Crippen LogP) is 4.41. The van der Waals surface area contributed by atoms with Crippen molar-refractivity contribution in [3.05, 3.63) is 51.9 Å². The van der Waals surface area contributed by atoms with E-state index in [2.05, 4.69) is 27.1 Å². The van der Waals surface area contributed by atoms with Gasteiger partial charge in [0, 0.05) is 30.2 Å². The second-order valence-electron chi connectivity index (χ2n) is 7.32. The predicted molar refractivity (Wildman–Crippen MR) is 124 cm³/mol. The van der Waals surface area contributed by atoms with Crippen LogP contribution in [0.5, 0.6) is 0 Å². The van der Waals surface area contributed by atoms with E-state index in [0.29, 0.717) is 22.3 Å². The minimum Gasteiger partial charge on any atom is -0.458 e. The molecule has 0 aliphatic rings. The molecule has 0 fully saturated rings. The maximum atomic E-state index is 12.7. The molecule has 166 valence electrons. The fourth-order valence-electron chi connectivity index (χ4n) is 3.28. The van der Waals surface area contributed by atoms with E-state index in [1.54, 1.807) is 23.6 Å². The quantitative estimate of drug-likeness (QED) is 0.389. The van der Waals surface area contributed by atoms with Crippen molar-refractivity contribution in [2.75, 3.05) is 5.32 Å². The van der Waals surface area contributed by atoms with Crippen molar-refractivity contribution < 1.29 is 14.0 Å². The number of aromatic nitrogens is 2. The number of nitrogens with one attached hydrogen (secondary N) is 2. The Balaban J connectivity index is 1.73. The van der Waals surface area contributed by atoms with Crippen molar-refractivity contribution in [1.29, 1.82) is 5.26 Å². The summed E-state index contributed by atoms with van der Waals surface area (Å²) in [7, 11) is 0. The number of aryl methyl sites for hydroxylation is 1. The molecule has 0 aromatic carbocycles. The topological polar surface area (TPSA) is 113 Å². The lowest BCUT2D eigenvalue weighted by Gasteiger charge is -2.07. The molecule has 32 heavy (non-hydrogen) atoms. The van der Waals surface area contributed by atoms with E-state index in [-0.39, 0.29) is 18.0 Å². The summed E-state index contributed by atoms with van der Waals surface area (Å²) in [6.07, 6.45) is 2.61. The maximum absolute atomic E-state index is 12.7. The standard InChI is InChI=1S/C23H25N5O3S/c1-5-8-28-14(2)9-17(15(28)3)10-18(11-24)22(30)27-23-26-20(13-32-23)21-7-6-19(31-21)12-25-16(4)29/h6-7,9-10,13H,5,8,12H2,1-4H3,(H,25,29)(H,26,27,30)/b18-10+. The van der Waals surface area contributed by atoms with Crippen LogP contribution in [0.1, 0.15) is 43.0 Å². The summed E-state index contributed by atoms with van der Waals surface area (Å²) in [6.45, 7) is 8.72. The molecule has 0 aliphatic heterocycles. The molecule has 2 N–H and O–H groups in total. The van der Waals surface area contributed by atoms with Gasteiger partial charge in [-0.05, 0) is 50.1 Å². The lowest BCUT2D eigenvalue weighted by Crippen LogP contribution is -2.18. The number of hydrogen-bond acceptors (Lipinski definition) is 6. The number of amides is 2. The molecule has 0 spiro atoms. The second-order valence-corrected chi connectivity index (χ2v) is 8.17. The van der Waals surface area contributed by atoms with Crippen LogP contribution < -0.4 is 10.6 Å². The summed E-state index contributed by atoms with van der Waals surface area (Å²) in [5.74, 6) is 0.473. The molecule has 0 saturated heterocycles. The summed E-state index contributed by atoms with van der Waals surface area (Å²) in [5.41, 5.74) is 3.53. The molecule has 0 bridgehead atoms. The first-order valence-corrected chi connectivity index (χ1v) is 11.1. The number of hydrogen-bond donors (Lipinski definition) is 2. The minimum atomic E-state index is -0.514. The van der Waals surface area contributed by atoms with Gasteiger partial charge in [-0.25, -0.2) is 4.98 Å². The van der Waals surface area contributed by atoms with Gasteiger partial charge in [0.1, 0.15) is 23.1 Å². The zero-order valence-electron chi connectivity index (χ0n) is 18.5. The van der Waals surface area contributed by atoms with Gasteiger partial charge in [0.05, 0.1) is 6.54 Å². The molecule has 9 heteroatoms. The van der Waals surface area contributed by atoms with Crippen LogP contribution in [0.2, 0.25) is 0 Å². The number of nitriles is 1. The third-order valence-electron chi connectivity index (χ3n) is 4.88. The fourth-order valence-corrected chi connectivity index (χ4v) is 3.97. The van der Waals surface area contributed by atoms with Gasteiger partial charge in [-0.2, -0.15) is 5.26 Å². The summed E-state index contributed by atoms with van der Waals surface area (Å²) < 4.78 is 7.86. The summed E-state index contributed by atoms with van der Waals surface area (Å²) in [5, 5.41) is 17.0. The minimum absolute atomic E-state index is 0.00842. The zero-order chi connectivity index (χ0) is 23.3. The van der Waals surface area contributed by atoms with E-state index in [9.17, 15) is 14.9 Å². The van der Waals surface area contributed by atoms with E-state index in [1.807, 2.05) is 26.0 Å². The molecule has 8 nitrogen and oxygen atoms in total. The van der Waals surface area contributed by atoms with Gasteiger partial charge in [0.25, 0.3) is 5.91 Å². The molecule has 3 aromatic rings. The van der Waals surface area contributed by atoms with Crippen molar-refractivity contribution in [3.63, 3.8) is 0 Å². The zero-order valence-corrected chi connectivity index (χ0v) is 19.3. The lowest BCUT2D eigenvalue weighted by atomic mass is 10.1. The number of rotatable bonds is 8. The van der Waals surface area contributed by atoms with Gasteiger partial charge in [-0.3, -0.25) is 14.9 Å². The highest BCUT2D eigenvalue weighted by Crippen LogP contribution is 2.27. The Morgan fingerprint density at radius 2 is 2.12 bits per heavy atom. The van der Waals surface area contributed by atoms with Crippen LogP contribution in [0.15, 0.2) is 33.6 Å². The maximum Gasteiger partial charge on any atom is 0.268 e. The molecule has 3 aromatic heterocycles. The van der Waals surface area contributed by atoms with Crippen LogP contribution in [0.25, 0.3) is 17.5 Å². The van der Waals surface area contributed by atoms with Crippen molar-refractivity contribution >= 4 is 34.4 Å². The second kappa shape index (κ2) is 10.1. The highest BCUT2D eigenvalue weighted by atomic mass is 32.1. The van der Waals surface area contributed by atoms with Gasteiger partial charge in [0.2, 0.25) is 5.91 Å². The number of nitrogens with zero attached hydrogens (tertiary/aromatic N) is 3. The molecule has 3 heterocycles. The van der Waals surface area contributed by atoms with E-state index in [1.165, 1.54) is 18.3 Å². The number of carbonyl (C=O) groups excluding carboxylic acids is 2. The van der Waals surface area contributed by atoms with Crippen LogP contribution >= 0.6 is 11.3 Å². The smallest absolute Gasteiger partial charge is 0.268 e. The highest BCUT2D eigenvalue weighted by Gasteiger charge is 2.16. The van der Waals surface area contributed by atoms with E-state index in [4.69, 9.17) is 4.42 Å². The SMILES string of the molecule is CCCn1c(C)cc(/C=C(\C#N)C(=O)Nc2nc(-c3ccc(CNC(C)=O)o3)cs2)c1C. The average molecular weight is 452 g/mol. The normalized spacial score (nSPS) is 11.3. The first kappa shape index (κ1) is 23.0. The van der Waals surface area contributed by atoms with Crippen molar-refractivity contribution in [1.82, 2.24) is 14.9 Å². The Morgan fingerprint density at radius 3 is 2.81 bits per heavy atom. The number of thiazole rings is 1. The Labute approximate surface area is 190 Å². The molecular formula is C23H25N5O3S. The van der Waals surface area contributed by atoms with Gasteiger partial charge >= 0.3 is 0 Å². The van der Waals surface area contributed by atoms with Crippen LogP contribution in [-0.4, -0.2) is 21.4 Å². The Bertz CT molecular complexity index is 1210. The number of carbonyl (C=O) groups is 2. The summed E-state index contributed by atoms with van der Waals surface area (Å²) in [6, 6.07) is 7.48. The van der Waals surface area contributed by atoms with Crippen molar-refractivity contribution in [2.24, 2.45) is 0 Å². The molecule has 0 atom stereocenters. The number of anilines is 1. The largest absolute Gasteiger partial charge is 0.458 e. The van der Waals surface area contributed by atoms with Crippen molar-refractivity contribution in [3.8, 4) is 17.5 Å². The third-order valence-corrected chi connectivity index (χ3v) is 5.63. The molecule has 0 aliphatic carbocycles. The van der Waals surface area contributed by atoms with E-state index >= 15 is 0 Å². The number of furan rings is 1. The first-order chi connectivity index (χ1) is 15.3. The monoisotopic (exact) mass is 451 g/mol. The Kier molecular flexibility index (Phi) is 7.28. The fraction of sp³-hybridized carbons (Fsp3) is 0.304. The first-order valence-electron chi connectivity index (χ1n) is 10.2. The Hall–Kier alpha value is -3.64. The van der Waals surface area contributed by atoms with Crippen LogP contribution in [0.3, 0.4) is 0 Å². The third kappa shape index (κ3) is 5.34. The van der Waals surface area contributed by atoms with Gasteiger partial charge < -0.3 is 14.3 Å². The summed E-state index contributed by atoms with van der Waals surface area (Å²) >= 11 is 1.24. The molecular weight excluding hydrogens is 426 g/mol. The summed E-state index contributed by atoms with van der Waals surface area (Å²) in [4.78, 5) is 28.1. The lowest BCUT2D eigenvalue weighted by molar-refractivity contribution is -0.119. The molecule has 0 saturated carbocycles. The van der Waals surface area contributed by atoms with Gasteiger partial charge in [-0.1, -0.05) is 6.92 Å². The van der Waals surface area contributed by atoms with Crippen LogP contribution in [0, 0.1) is 25.2 Å². The van der Waals surface area contributed by atoms with Gasteiger partial charge in [0.15, 0.2) is 10.9 Å². The van der Waals surface area contributed by atoms with Crippen molar-refractivity contribution in [2.45, 2.75) is 47.2 Å². The Morgan fingerprint density at radius 1 is 1.34 bits per heavy atom. The average Bonchev–Trinajstić information content (AvgIpc) is 3.47. The van der Waals surface area contributed by atoms with Crippen LogP contribution in [0.4, 0.5) is 5.13 Å². The molecule has 0 radical (unpaired) electrons. The molecule has 0 unspecified atom stereocenters. The van der Waals surface area contributed by atoms with Gasteiger partial charge in [-0.15, -0.1) is 11.3 Å². The van der Waals surface area contributed by atoms with E-state index < -0.39 is 5.91 Å². The molecule has 3 rings (SSSR count).